The highest BCUT2D eigenvalue weighted by atomic mass is 16.2. The summed E-state index contributed by atoms with van der Waals surface area (Å²) in [7, 11) is 0. The second-order valence-electron chi connectivity index (χ2n) is 5.73. The van der Waals surface area contributed by atoms with Crippen LogP contribution in [0, 0.1) is 5.92 Å². The van der Waals surface area contributed by atoms with Crippen LogP contribution in [0.5, 0.6) is 0 Å². The van der Waals surface area contributed by atoms with E-state index < -0.39 is 0 Å². The average Bonchev–Trinajstić information content (AvgIpc) is 2.75. The third-order valence-corrected chi connectivity index (χ3v) is 4.25. The molecule has 3 atom stereocenters. The van der Waals surface area contributed by atoms with Gasteiger partial charge in [-0.3, -0.25) is 10.1 Å². The van der Waals surface area contributed by atoms with Gasteiger partial charge in [-0.25, -0.2) is 0 Å². The molecule has 0 radical (unpaired) electrons. The third-order valence-electron chi connectivity index (χ3n) is 4.25. The second kappa shape index (κ2) is 7.78. The van der Waals surface area contributed by atoms with E-state index in [0.29, 0.717) is 17.9 Å². The van der Waals surface area contributed by atoms with Crippen molar-refractivity contribution >= 4 is 5.91 Å². The Balaban J connectivity index is 2.36. The molecule has 3 unspecified atom stereocenters. The molecule has 1 saturated heterocycles. The molecule has 1 amide bonds. The Bertz CT molecular complexity index is 255. The summed E-state index contributed by atoms with van der Waals surface area (Å²) in [6.07, 6.45) is 7.32. The molecule has 0 aromatic rings. The zero-order valence-corrected chi connectivity index (χ0v) is 12.5. The normalized spacial score (nSPS) is 23.4. The quantitative estimate of drug-likeness (QED) is 0.675. The molecule has 1 aliphatic rings. The molecule has 3 nitrogen and oxygen atoms in total. The number of amides is 1. The Morgan fingerprint density at radius 2 is 2.00 bits per heavy atom. The van der Waals surface area contributed by atoms with E-state index in [4.69, 9.17) is 0 Å². The van der Waals surface area contributed by atoms with E-state index in [1.165, 1.54) is 25.7 Å². The molecule has 1 fully saturated rings. The molecule has 1 N–H and O–H groups in total. The van der Waals surface area contributed by atoms with Crippen molar-refractivity contribution in [3.8, 4) is 0 Å². The van der Waals surface area contributed by atoms with Gasteiger partial charge in [0.25, 0.3) is 0 Å². The number of nitrogens with one attached hydrogen (secondary N) is 1. The van der Waals surface area contributed by atoms with Crippen molar-refractivity contribution in [2.45, 2.75) is 78.3 Å². The van der Waals surface area contributed by atoms with Crippen molar-refractivity contribution in [1.29, 1.82) is 0 Å². The fraction of sp³-hybridized carbons (Fsp3) is 0.933. The largest absolute Gasteiger partial charge is 0.326 e. The van der Waals surface area contributed by atoms with E-state index in [0.717, 1.165) is 19.5 Å². The van der Waals surface area contributed by atoms with E-state index in [9.17, 15) is 4.79 Å². The van der Waals surface area contributed by atoms with Crippen molar-refractivity contribution in [1.82, 2.24) is 10.2 Å². The van der Waals surface area contributed by atoms with Gasteiger partial charge in [0.2, 0.25) is 5.91 Å². The first-order valence-corrected chi connectivity index (χ1v) is 7.65. The third kappa shape index (κ3) is 3.98. The number of rotatable bonds is 8. The van der Waals surface area contributed by atoms with Crippen molar-refractivity contribution in [3.05, 3.63) is 0 Å². The zero-order valence-electron chi connectivity index (χ0n) is 12.5. The van der Waals surface area contributed by atoms with Crippen LogP contribution in [-0.4, -0.2) is 29.6 Å². The van der Waals surface area contributed by atoms with Gasteiger partial charge in [-0.15, -0.1) is 0 Å². The number of carbonyl (C=O) groups is 1. The number of hydrogen-bond acceptors (Lipinski definition) is 2. The highest BCUT2D eigenvalue weighted by molar-refractivity contribution is 5.84. The van der Waals surface area contributed by atoms with E-state index in [-0.39, 0.29) is 6.04 Å². The molecular weight excluding hydrogens is 224 g/mol. The van der Waals surface area contributed by atoms with Crippen molar-refractivity contribution in [2.75, 3.05) is 6.67 Å². The van der Waals surface area contributed by atoms with Gasteiger partial charge in [-0.05, 0) is 19.3 Å². The molecule has 1 aliphatic heterocycles. The Morgan fingerprint density at radius 3 is 2.61 bits per heavy atom. The predicted octanol–water partition coefficient (Wildman–Crippen LogP) is 3.15. The summed E-state index contributed by atoms with van der Waals surface area (Å²) in [5.74, 6) is 0.752. The molecule has 18 heavy (non-hydrogen) atoms. The highest BCUT2D eigenvalue weighted by Gasteiger charge is 2.36. The van der Waals surface area contributed by atoms with Crippen LogP contribution in [0.3, 0.4) is 0 Å². The lowest BCUT2D eigenvalue weighted by Gasteiger charge is -2.24. The minimum Gasteiger partial charge on any atom is -0.326 e. The summed E-state index contributed by atoms with van der Waals surface area (Å²) >= 11 is 0. The van der Waals surface area contributed by atoms with Gasteiger partial charge in [0, 0.05) is 6.04 Å². The molecule has 106 valence electrons. The maximum absolute atomic E-state index is 12.3. The Hall–Kier alpha value is -0.570. The van der Waals surface area contributed by atoms with Crippen molar-refractivity contribution in [2.24, 2.45) is 5.92 Å². The maximum Gasteiger partial charge on any atom is 0.241 e. The van der Waals surface area contributed by atoms with Crippen LogP contribution in [0.1, 0.15) is 66.2 Å². The van der Waals surface area contributed by atoms with Crippen molar-refractivity contribution < 1.29 is 4.79 Å². The van der Waals surface area contributed by atoms with Crippen LogP contribution in [0.4, 0.5) is 0 Å². The van der Waals surface area contributed by atoms with Gasteiger partial charge in [0.1, 0.15) is 0 Å². The van der Waals surface area contributed by atoms with Gasteiger partial charge in [0.05, 0.1) is 12.7 Å². The molecule has 0 aromatic carbocycles. The molecule has 0 aliphatic carbocycles. The molecule has 1 heterocycles. The van der Waals surface area contributed by atoms with Crippen molar-refractivity contribution in [3.63, 3.8) is 0 Å². The van der Waals surface area contributed by atoms with Gasteiger partial charge < -0.3 is 4.90 Å². The number of carbonyl (C=O) groups excluding carboxylic acids is 1. The topological polar surface area (TPSA) is 32.3 Å². The maximum atomic E-state index is 12.3. The Kier molecular flexibility index (Phi) is 6.69. The first-order valence-electron chi connectivity index (χ1n) is 7.65. The standard InChI is InChI=1S/C15H30N2O/c1-5-7-8-9-10-13(4)17-11-16-14(15(17)18)12(3)6-2/h12-14,16H,5-11H2,1-4H3. The lowest BCUT2D eigenvalue weighted by Crippen LogP contribution is -2.39. The SMILES string of the molecule is CCCCCCC(C)N1CNC(C(C)CC)C1=O. The first kappa shape index (κ1) is 15.5. The van der Waals surface area contributed by atoms with E-state index >= 15 is 0 Å². The molecule has 0 bridgehead atoms. The number of nitrogens with zero attached hydrogens (tertiary/aromatic N) is 1. The average molecular weight is 254 g/mol. The van der Waals surface area contributed by atoms with Crippen LogP contribution in [0.25, 0.3) is 0 Å². The lowest BCUT2D eigenvalue weighted by molar-refractivity contribution is -0.131. The summed E-state index contributed by atoms with van der Waals surface area (Å²) < 4.78 is 0. The van der Waals surface area contributed by atoms with Crippen LogP contribution in [-0.2, 0) is 4.79 Å². The number of hydrogen-bond donors (Lipinski definition) is 1. The summed E-state index contributed by atoms with van der Waals surface area (Å²) in [6, 6.07) is 0.434. The summed E-state index contributed by atoms with van der Waals surface area (Å²) in [6.45, 7) is 9.46. The summed E-state index contributed by atoms with van der Waals surface area (Å²) in [4.78, 5) is 14.3. The Morgan fingerprint density at radius 1 is 1.28 bits per heavy atom. The zero-order chi connectivity index (χ0) is 13.5. The minimum absolute atomic E-state index is 0.0492. The molecule has 0 saturated carbocycles. The fourth-order valence-electron chi connectivity index (χ4n) is 2.62. The van der Waals surface area contributed by atoms with Crippen LogP contribution < -0.4 is 5.32 Å². The number of unbranched alkanes of at least 4 members (excludes halogenated alkanes) is 3. The van der Waals surface area contributed by atoms with E-state index in [1.807, 2.05) is 4.90 Å². The van der Waals surface area contributed by atoms with Gasteiger partial charge in [-0.2, -0.15) is 0 Å². The van der Waals surface area contributed by atoms with E-state index in [2.05, 4.69) is 33.0 Å². The molecule has 0 aromatic heterocycles. The van der Waals surface area contributed by atoms with Crippen LogP contribution >= 0.6 is 0 Å². The lowest BCUT2D eigenvalue weighted by atomic mass is 9.99. The van der Waals surface area contributed by atoms with E-state index in [1.54, 1.807) is 0 Å². The molecule has 1 rings (SSSR count). The smallest absolute Gasteiger partial charge is 0.241 e. The van der Waals surface area contributed by atoms with Gasteiger partial charge in [-0.1, -0.05) is 52.9 Å². The predicted molar refractivity (Wildman–Crippen MR) is 76.3 cm³/mol. The minimum atomic E-state index is 0.0492. The Labute approximate surface area is 112 Å². The monoisotopic (exact) mass is 254 g/mol. The van der Waals surface area contributed by atoms with Gasteiger partial charge in [0.15, 0.2) is 0 Å². The second-order valence-corrected chi connectivity index (χ2v) is 5.73. The van der Waals surface area contributed by atoms with Gasteiger partial charge >= 0.3 is 0 Å². The summed E-state index contributed by atoms with van der Waals surface area (Å²) in [5.41, 5.74) is 0. The first-order chi connectivity index (χ1) is 8.61. The molecule has 0 spiro atoms. The van der Waals surface area contributed by atoms with Crippen LogP contribution in [0.2, 0.25) is 0 Å². The molecule has 3 heteroatoms. The fourth-order valence-corrected chi connectivity index (χ4v) is 2.62. The highest BCUT2D eigenvalue weighted by Crippen LogP contribution is 2.19. The van der Waals surface area contributed by atoms with Crippen LogP contribution in [0.15, 0.2) is 0 Å². The molecular formula is C15H30N2O. The summed E-state index contributed by atoms with van der Waals surface area (Å²) in [5, 5.41) is 3.37.